The Bertz CT molecular complexity index is 293. The molecule has 0 aliphatic heterocycles. The third-order valence-electron chi connectivity index (χ3n) is 2.14. The molecule has 1 aromatic heterocycles. The molecule has 72 valence electrons. The van der Waals surface area contributed by atoms with Crippen molar-refractivity contribution in [1.82, 2.24) is 4.98 Å². The van der Waals surface area contributed by atoms with Gasteiger partial charge in [-0.05, 0) is 12.8 Å². The summed E-state index contributed by atoms with van der Waals surface area (Å²) in [4.78, 5) is 15.7. The molecular formula is C10H15NOS. The van der Waals surface area contributed by atoms with Gasteiger partial charge in [0.15, 0.2) is 5.78 Å². The van der Waals surface area contributed by atoms with Gasteiger partial charge in [-0.1, -0.05) is 20.3 Å². The Kier molecular flexibility index (Phi) is 3.60. The summed E-state index contributed by atoms with van der Waals surface area (Å²) in [6, 6.07) is 0. The van der Waals surface area contributed by atoms with E-state index >= 15 is 0 Å². The monoisotopic (exact) mass is 197 g/mol. The molecule has 1 heterocycles. The van der Waals surface area contributed by atoms with Crippen LogP contribution in [0.25, 0.3) is 0 Å². The molecular weight excluding hydrogens is 182 g/mol. The van der Waals surface area contributed by atoms with E-state index in [0.29, 0.717) is 18.0 Å². The minimum Gasteiger partial charge on any atom is -0.292 e. The van der Waals surface area contributed by atoms with Crippen LogP contribution >= 0.6 is 11.3 Å². The highest BCUT2D eigenvalue weighted by atomic mass is 32.1. The summed E-state index contributed by atoms with van der Waals surface area (Å²) in [5.74, 6) is 0.646. The average molecular weight is 197 g/mol. The molecule has 0 amide bonds. The second-order valence-corrected chi connectivity index (χ2v) is 4.45. The van der Waals surface area contributed by atoms with Gasteiger partial charge in [-0.25, -0.2) is 4.98 Å². The van der Waals surface area contributed by atoms with E-state index in [9.17, 15) is 4.79 Å². The van der Waals surface area contributed by atoms with E-state index in [4.69, 9.17) is 0 Å². The van der Waals surface area contributed by atoms with Crippen LogP contribution in [0.5, 0.6) is 0 Å². The summed E-state index contributed by atoms with van der Waals surface area (Å²) >= 11 is 1.54. The van der Waals surface area contributed by atoms with Gasteiger partial charge < -0.3 is 0 Å². The summed E-state index contributed by atoms with van der Waals surface area (Å²) < 4.78 is 0. The summed E-state index contributed by atoms with van der Waals surface area (Å²) in [7, 11) is 0. The molecule has 0 aromatic carbocycles. The lowest BCUT2D eigenvalue weighted by Crippen LogP contribution is -2.05. The van der Waals surface area contributed by atoms with Crippen LogP contribution in [0.15, 0.2) is 5.38 Å². The molecule has 1 aromatic rings. The van der Waals surface area contributed by atoms with Crippen molar-refractivity contribution in [2.24, 2.45) is 5.92 Å². The van der Waals surface area contributed by atoms with Gasteiger partial charge in [0.05, 0.1) is 5.01 Å². The van der Waals surface area contributed by atoms with Gasteiger partial charge in [0.2, 0.25) is 0 Å². The van der Waals surface area contributed by atoms with Gasteiger partial charge in [0.1, 0.15) is 5.69 Å². The predicted molar refractivity (Wildman–Crippen MR) is 55.3 cm³/mol. The van der Waals surface area contributed by atoms with Crippen LogP contribution in [0.2, 0.25) is 0 Å². The Balaban J connectivity index is 2.58. The van der Waals surface area contributed by atoms with Gasteiger partial charge in [-0.15, -0.1) is 11.3 Å². The summed E-state index contributed by atoms with van der Waals surface area (Å²) in [5.41, 5.74) is 0.641. The van der Waals surface area contributed by atoms with Crippen LogP contribution in [0.4, 0.5) is 0 Å². The topological polar surface area (TPSA) is 30.0 Å². The molecule has 0 N–H and O–H groups in total. The number of ketones is 1. The number of thiazole rings is 1. The average Bonchev–Trinajstić information content (AvgIpc) is 2.51. The van der Waals surface area contributed by atoms with Crippen LogP contribution in [0.3, 0.4) is 0 Å². The Labute approximate surface area is 83.0 Å². The van der Waals surface area contributed by atoms with E-state index in [1.165, 1.54) is 11.3 Å². The number of hydrogen-bond acceptors (Lipinski definition) is 3. The van der Waals surface area contributed by atoms with Crippen LogP contribution < -0.4 is 0 Å². The maximum absolute atomic E-state index is 11.6. The van der Waals surface area contributed by atoms with Gasteiger partial charge in [0.25, 0.3) is 0 Å². The van der Waals surface area contributed by atoms with E-state index in [-0.39, 0.29) is 5.78 Å². The molecule has 13 heavy (non-hydrogen) atoms. The third-order valence-corrected chi connectivity index (χ3v) is 2.91. The van der Waals surface area contributed by atoms with E-state index in [1.54, 1.807) is 0 Å². The molecule has 0 spiro atoms. The number of rotatable bonds is 4. The van der Waals surface area contributed by atoms with Gasteiger partial charge in [-0.3, -0.25) is 4.79 Å². The van der Waals surface area contributed by atoms with Crippen LogP contribution in [0.1, 0.15) is 42.2 Å². The number of aromatic nitrogens is 1. The van der Waals surface area contributed by atoms with Crippen LogP contribution in [0, 0.1) is 12.8 Å². The Morgan fingerprint density at radius 2 is 2.38 bits per heavy atom. The normalized spacial score (nSPS) is 12.8. The van der Waals surface area contributed by atoms with Gasteiger partial charge >= 0.3 is 0 Å². The van der Waals surface area contributed by atoms with Crippen molar-refractivity contribution in [2.45, 2.75) is 33.6 Å². The molecule has 0 bridgehead atoms. The van der Waals surface area contributed by atoms with Crippen molar-refractivity contribution < 1.29 is 4.79 Å². The molecule has 0 aliphatic rings. The highest BCUT2D eigenvalue weighted by molar-refractivity contribution is 7.09. The lowest BCUT2D eigenvalue weighted by molar-refractivity contribution is 0.0959. The lowest BCUT2D eigenvalue weighted by Gasteiger charge is -2.04. The Morgan fingerprint density at radius 1 is 1.69 bits per heavy atom. The molecule has 0 fully saturated rings. The minimum atomic E-state index is 0.179. The molecule has 1 unspecified atom stereocenters. The standard InChI is InChI=1S/C10H15NOS/c1-4-7(2)5-10(12)9-6-13-8(3)11-9/h6-7H,4-5H2,1-3H3. The van der Waals surface area contributed by atoms with E-state index in [2.05, 4.69) is 18.8 Å². The largest absolute Gasteiger partial charge is 0.292 e. The first-order valence-corrected chi connectivity index (χ1v) is 5.46. The maximum atomic E-state index is 11.6. The number of Topliss-reactive ketones (excluding diaryl/α,β-unsaturated/α-hetero) is 1. The Morgan fingerprint density at radius 3 is 2.85 bits per heavy atom. The predicted octanol–water partition coefficient (Wildman–Crippen LogP) is 3.07. The second-order valence-electron chi connectivity index (χ2n) is 3.39. The number of carbonyl (C=O) groups is 1. The molecule has 3 heteroatoms. The number of aryl methyl sites for hydroxylation is 1. The van der Waals surface area contributed by atoms with Crippen LogP contribution in [-0.4, -0.2) is 10.8 Å². The highest BCUT2D eigenvalue weighted by Crippen LogP contribution is 2.14. The molecule has 0 saturated carbocycles. The molecule has 1 atom stereocenters. The van der Waals surface area contributed by atoms with Crippen molar-refractivity contribution in [3.63, 3.8) is 0 Å². The van der Waals surface area contributed by atoms with Gasteiger partial charge in [-0.2, -0.15) is 0 Å². The minimum absolute atomic E-state index is 0.179. The highest BCUT2D eigenvalue weighted by Gasteiger charge is 2.12. The second kappa shape index (κ2) is 4.51. The SMILES string of the molecule is CCC(C)CC(=O)c1csc(C)n1. The van der Waals surface area contributed by atoms with Crippen molar-refractivity contribution in [3.8, 4) is 0 Å². The lowest BCUT2D eigenvalue weighted by atomic mass is 10.0. The third kappa shape index (κ3) is 2.92. The first-order chi connectivity index (χ1) is 6.13. The summed E-state index contributed by atoms with van der Waals surface area (Å²) in [5, 5.41) is 2.81. The fourth-order valence-electron chi connectivity index (χ4n) is 1.06. The van der Waals surface area contributed by atoms with Crippen molar-refractivity contribution in [1.29, 1.82) is 0 Å². The summed E-state index contributed by atoms with van der Waals surface area (Å²) in [6.07, 6.45) is 1.68. The Hall–Kier alpha value is -0.700. The zero-order valence-electron chi connectivity index (χ0n) is 8.33. The zero-order valence-corrected chi connectivity index (χ0v) is 9.15. The number of nitrogens with zero attached hydrogens (tertiary/aromatic N) is 1. The molecule has 0 saturated heterocycles. The van der Waals surface area contributed by atoms with Crippen molar-refractivity contribution in [2.75, 3.05) is 0 Å². The van der Waals surface area contributed by atoms with E-state index < -0.39 is 0 Å². The maximum Gasteiger partial charge on any atom is 0.182 e. The first-order valence-electron chi connectivity index (χ1n) is 4.58. The van der Waals surface area contributed by atoms with E-state index in [0.717, 1.165) is 11.4 Å². The first kappa shape index (κ1) is 10.4. The fraction of sp³-hybridized carbons (Fsp3) is 0.600. The summed E-state index contributed by atoms with van der Waals surface area (Å²) in [6.45, 7) is 6.12. The number of carbonyl (C=O) groups excluding carboxylic acids is 1. The quantitative estimate of drug-likeness (QED) is 0.694. The molecule has 0 radical (unpaired) electrons. The van der Waals surface area contributed by atoms with E-state index in [1.807, 2.05) is 12.3 Å². The van der Waals surface area contributed by atoms with Gasteiger partial charge in [0, 0.05) is 11.8 Å². The molecule has 0 aliphatic carbocycles. The zero-order chi connectivity index (χ0) is 9.84. The smallest absolute Gasteiger partial charge is 0.182 e. The van der Waals surface area contributed by atoms with Crippen molar-refractivity contribution in [3.05, 3.63) is 16.1 Å². The van der Waals surface area contributed by atoms with Crippen molar-refractivity contribution >= 4 is 17.1 Å². The number of hydrogen-bond donors (Lipinski definition) is 0. The molecule has 2 nitrogen and oxygen atoms in total. The fourth-order valence-corrected chi connectivity index (χ4v) is 1.67. The molecule has 1 rings (SSSR count). The van der Waals surface area contributed by atoms with Crippen LogP contribution in [-0.2, 0) is 0 Å².